The van der Waals surface area contributed by atoms with Gasteiger partial charge in [-0.1, -0.05) is 23.2 Å². The first-order valence-electron chi connectivity index (χ1n) is 5.86. The normalized spacial score (nSPS) is 10.6. The Bertz CT molecular complexity index is 590. The Kier molecular flexibility index (Phi) is 5.34. The molecule has 0 fully saturated rings. The summed E-state index contributed by atoms with van der Waals surface area (Å²) in [7, 11) is 0. The Balaban J connectivity index is 1.84. The predicted octanol–water partition coefficient (Wildman–Crippen LogP) is 3.85. The zero-order chi connectivity index (χ0) is 14.5. The van der Waals surface area contributed by atoms with Gasteiger partial charge in [0.2, 0.25) is 5.95 Å². The number of thioether (sulfide) groups is 1. The predicted molar refractivity (Wildman–Crippen MR) is 83.9 cm³/mol. The summed E-state index contributed by atoms with van der Waals surface area (Å²) in [6.07, 6.45) is 0. The van der Waals surface area contributed by atoms with Crippen LogP contribution in [0.5, 0.6) is 5.75 Å². The van der Waals surface area contributed by atoms with Gasteiger partial charge >= 0.3 is 0 Å². The van der Waals surface area contributed by atoms with Gasteiger partial charge in [0.15, 0.2) is 0 Å². The summed E-state index contributed by atoms with van der Waals surface area (Å²) < 4.78 is 5.59. The monoisotopic (exact) mass is 329 g/mol. The molecule has 0 aliphatic heterocycles. The van der Waals surface area contributed by atoms with Gasteiger partial charge < -0.3 is 10.5 Å². The molecule has 106 valence electrons. The molecule has 0 aliphatic carbocycles. The number of halogens is 2. The van der Waals surface area contributed by atoms with Crippen LogP contribution in [-0.4, -0.2) is 22.3 Å². The molecule has 1 aromatic heterocycles. The van der Waals surface area contributed by atoms with Crippen molar-refractivity contribution >= 4 is 40.9 Å². The molecule has 0 saturated heterocycles. The molecule has 0 saturated carbocycles. The van der Waals surface area contributed by atoms with Gasteiger partial charge in [-0.05, 0) is 31.2 Å². The molecule has 1 aromatic carbocycles. The number of ether oxygens (including phenoxy) is 1. The van der Waals surface area contributed by atoms with Crippen LogP contribution in [0.25, 0.3) is 0 Å². The smallest absolute Gasteiger partial charge is 0.221 e. The number of anilines is 1. The molecular weight excluding hydrogens is 317 g/mol. The van der Waals surface area contributed by atoms with Crippen molar-refractivity contribution in [3.63, 3.8) is 0 Å². The number of nitrogens with two attached hydrogens (primary N) is 1. The summed E-state index contributed by atoms with van der Waals surface area (Å²) in [6.45, 7) is 2.39. The third-order valence-corrected chi connectivity index (χ3v) is 3.74. The van der Waals surface area contributed by atoms with Crippen molar-refractivity contribution < 1.29 is 4.74 Å². The van der Waals surface area contributed by atoms with E-state index in [1.165, 1.54) is 0 Å². The third-order valence-electron chi connectivity index (χ3n) is 2.33. The molecule has 0 unspecified atom stereocenters. The van der Waals surface area contributed by atoms with E-state index in [0.29, 0.717) is 22.4 Å². The lowest BCUT2D eigenvalue weighted by Crippen LogP contribution is -2.02. The highest BCUT2D eigenvalue weighted by atomic mass is 35.5. The fourth-order valence-corrected chi connectivity index (χ4v) is 2.78. The fraction of sp³-hybridized carbons (Fsp3) is 0.231. The number of hydrogen-bond acceptors (Lipinski definition) is 5. The fourth-order valence-electron chi connectivity index (χ4n) is 1.53. The van der Waals surface area contributed by atoms with E-state index in [2.05, 4.69) is 9.97 Å². The maximum Gasteiger partial charge on any atom is 0.221 e. The molecule has 0 bridgehead atoms. The topological polar surface area (TPSA) is 61.0 Å². The van der Waals surface area contributed by atoms with E-state index in [0.717, 1.165) is 16.5 Å². The minimum Gasteiger partial charge on any atom is -0.491 e. The number of hydrogen-bond donors (Lipinski definition) is 1. The molecule has 0 radical (unpaired) electrons. The van der Waals surface area contributed by atoms with E-state index >= 15 is 0 Å². The van der Waals surface area contributed by atoms with E-state index in [1.807, 2.05) is 13.0 Å². The number of nitrogens with zero attached hydrogens (tertiary/aromatic N) is 2. The highest BCUT2D eigenvalue weighted by Gasteiger charge is 2.04. The SMILES string of the molecule is Cc1cc(SCCOc2ccc(Cl)cc2Cl)nc(N)n1. The molecule has 0 amide bonds. The first-order valence-corrected chi connectivity index (χ1v) is 7.60. The van der Waals surface area contributed by atoms with Gasteiger partial charge in [0, 0.05) is 16.5 Å². The van der Waals surface area contributed by atoms with Crippen molar-refractivity contribution in [2.75, 3.05) is 18.1 Å². The van der Waals surface area contributed by atoms with Crippen molar-refractivity contribution in [3.05, 3.63) is 40.0 Å². The van der Waals surface area contributed by atoms with Crippen LogP contribution in [0.3, 0.4) is 0 Å². The zero-order valence-corrected chi connectivity index (χ0v) is 13.1. The summed E-state index contributed by atoms with van der Waals surface area (Å²) >= 11 is 13.4. The first-order chi connectivity index (χ1) is 9.54. The van der Waals surface area contributed by atoms with Crippen molar-refractivity contribution in [1.29, 1.82) is 0 Å². The van der Waals surface area contributed by atoms with Crippen molar-refractivity contribution in [1.82, 2.24) is 9.97 Å². The number of aromatic nitrogens is 2. The maximum atomic E-state index is 6.01. The number of aryl methyl sites for hydroxylation is 1. The molecule has 20 heavy (non-hydrogen) atoms. The van der Waals surface area contributed by atoms with Gasteiger partial charge in [-0.25, -0.2) is 9.97 Å². The largest absolute Gasteiger partial charge is 0.491 e. The van der Waals surface area contributed by atoms with Crippen LogP contribution in [0.2, 0.25) is 10.0 Å². The Morgan fingerprint density at radius 1 is 1.25 bits per heavy atom. The van der Waals surface area contributed by atoms with E-state index in [-0.39, 0.29) is 5.95 Å². The van der Waals surface area contributed by atoms with E-state index in [1.54, 1.807) is 30.0 Å². The summed E-state index contributed by atoms with van der Waals surface area (Å²) in [4.78, 5) is 8.16. The maximum absolute atomic E-state index is 6.01. The van der Waals surface area contributed by atoms with Gasteiger partial charge in [-0.15, -0.1) is 11.8 Å². The minimum atomic E-state index is 0.286. The average Bonchev–Trinajstić information content (AvgIpc) is 2.35. The Morgan fingerprint density at radius 2 is 2.05 bits per heavy atom. The zero-order valence-electron chi connectivity index (χ0n) is 10.8. The molecule has 1 heterocycles. The molecule has 7 heteroatoms. The highest BCUT2D eigenvalue weighted by Crippen LogP contribution is 2.27. The van der Waals surface area contributed by atoms with Crippen molar-refractivity contribution in [2.24, 2.45) is 0 Å². The molecule has 4 nitrogen and oxygen atoms in total. The Hall–Kier alpha value is -1.17. The number of rotatable bonds is 5. The Morgan fingerprint density at radius 3 is 2.75 bits per heavy atom. The summed E-state index contributed by atoms with van der Waals surface area (Å²) in [6, 6.07) is 7.03. The molecule has 2 N–H and O–H groups in total. The standard InChI is InChI=1S/C13H13Cl2N3OS/c1-8-6-12(18-13(16)17-8)20-5-4-19-11-3-2-9(14)7-10(11)15/h2-3,6-7H,4-5H2,1H3,(H2,16,17,18). The second-order valence-electron chi connectivity index (χ2n) is 3.98. The highest BCUT2D eigenvalue weighted by molar-refractivity contribution is 7.99. The van der Waals surface area contributed by atoms with Crippen LogP contribution in [0.15, 0.2) is 29.3 Å². The molecule has 0 atom stereocenters. The van der Waals surface area contributed by atoms with Crippen molar-refractivity contribution in [2.45, 2.75) is 11.9 Å². The van der Waals surface area contributed by atoms with Crippen LogP contribution >= 0.6 is 35.0 Å². The summed E-state index contributed by atoms with van der Waals surface area (Å²) in [5, 5.41) is 1.93. The lowest BCUT2D eigenvalue weighted by atomic mass is 10.3. The number of benzene rings is 1. The van der Waals surface area contributed by atoms with E-state index < -0.39 is 0 Å². The summed E-state index contributed by atoms with van der Waals surface area (Å²) in [5.41, 5.74) is 6.44. The van der Waals surface area contributed by atoms with Crippen LogP contribution in [0.1, 0.15) is 5.69 Å². The van der Waals surface area contributed by atoms with E-state index in [9.17, 15) is 0 Å². The molecule has 0 aliphatic rings. The van der Waals surface area contributed by atoms with Crippen LogP contribution in [-0.2, 0) is 0 Å². The van der Waals surface area contributed by atoms with Gasteiger partial charge in [0.05, 0.1) is 11.6 Å². The minimum absolute atomic E-state index is 0.286. The molecular formula is C13H13Cl2N3OS. The van der Waals surface area contributed by atoms with Crippen LogP contribution in [0.4, 0.5) is 5.95 Å². The second-order valence-corrected chi connectivity index (χ2v) is 5.94. The lowest BCUT2D eigenvalue weighted by molar-refractivity contribution is 0.344. The first kappa shape index (κ1) is 15.2. The van der Waals surface area contributed by atoms with Gasteiger partial charge in [-0.3, -0.25) is 0 Å². The third kappa shape index (κ3) is 4.44. The van der Waals surface area contributed by atoms with Crippen LogP contribution < -0.4 is 10.5 Å². The van der Waals surface area contributed by atoms with Gasteiger partial charge in [0.25, 0.3) is 0 Å². The van der Waals surface area contributed by atoms with Gasteiger partial charge in [-0.2, -0.15) is 0 Å². The molecule has 2 rings (SSSR count). The second kappa shape index (κ2) is 7.02. The van der Waals surface area contributed by atoms with Gasteiger partial charge in [0.1, 0.15) is 10.8 Å². The molecule has 0 spiro atoms. The van der Waals surface area contributed by atoms with E-state index in [4.69, 9.17) is 33.7 Å². The van der Waals surface area contributed by atoms with Crippen molar-refractivity contribution in [3.8, 4) is 5.75 Å². The average molecular weight is 330 g/mol. The van der Waals surface area contributed by atoms with Crippen LogP contribution in [0, 0.1) is 6.92 Å². The summed E-state index contributed by atoms with van der Waals surface area (Å²) in [5.74, 6) is 1.64. The lowest BCUT2D eigenvalue weighted by Gasteiger charge is -2.08. The quantitative estimate of drug-likeness (QED) is 0.513. The molecule has 2 aromatic rings. The Labute approximate surface area is 131 Å². The number of nitrogen functional groups attached to an aromatic ring is 1.